The van der Waals surface area contributed by atoms with Gasteiger partial charge in [0.05, 0.1) is 10.5 Å². The van der Waals surface area contributed by atoms with E-state index in [2.05, 4.69) is 16.8 Å². The Kier molecular flexibility index (Phi) is 4.75. The molecular weight excluding hydrogens is 382 g/mol. The van der Waals surface area contributed by atoms with Crippen molar-refractivity contribution in [3.05, 3.63) is 45.2 Å². The molecule has 0 spiro atoms. The average molecular weight is 402 g/mol. The second kappa shape index (κ2) is 7.06. The number of rotatable bonds is 2. The van der Waals surface area contributed by atoms with E-state index in [-0.39, 0.29) is 11.5 Å². The molecule has 0 bridgehead atoms. The fraction of sp³-hybridized carbons (Fsp3) is 0.333. The van der Waals surface area contributed by atoms with Crippen LogP contribution in [0.4, 0.5) is 5.82 Å². The van der Waals surface area contributed by atoms with Gasteiger partial charge in [-0.3, -0.25) is 18.9 Å². The van der Waals surface area contributed by atoms with Crippen LogP contribution in [-0.2, 0) is 4.79 Å². The first kappa shape index (κ1) is 18.1. The van der Waals surface area contributed by atoms with Gasteiger partial charge in [0.2, 0.25) is 0 Å². The van der Waals surface area contributed by atoms with Crippen molar-refractivity contribution in [2.45, 2.75) is 0 Å². The molecule has 2 aliphatic rings. The first-order chi connectivity index (χ1) is 13.0. The molecule has 2 saturated heterocycles. The third kappa shape index (κ3) is 3.26. The second-order valence-corrected chi connectivity index (χ2v) is 8.29. The van der Waals surface area contributed by atoms with E-state index >= 15 is 0 Å². The summed E-state index contributed by atoms with van der Waals surface area (Å²) < 4.78 is 2.00. The maximum absolute atomic E-state index is 13.2. The summed E-state index contributed by atoms with van der Waals surface area (Å²) in [6, 6.07) is 5.47. The summed E-state index contributed by atoms with van der Waals surface area (Å²) >= 11 is 6.42. The fourth-order valence-corrected chi connectivity index (χ4v) is 4.31. The zero-order valence-electron chi connectivity index (χ0n) is 15.1. The third-order valence-corrected chi connectivity index (χ3v) is 6.30. The van der Waals surface area contributed by atoms with E-state index in [1.807, 2.05) is 12.1 Å². The van der Waals surface area contributed by atoms with Crippen molar-refractivity contribution in [3.8, 4) is 0 Å². The lowest BCUT2D eigenvalue weighted by Gasteiger charge is -2.34. The van der Waals surface area contributed by atoms with Crippen molar-refractivity contribution in [1.29, 1.82) is 0 Å². The fourth-order valence-electron chi connectivity index (χ4n) is 3.15. The molecule has 9 heteroatoms. The lowest BCUT2D eigenvalue weighted by Crippen LogP contribution is -2.45. The quantitative estimate of drug-likeness (QED) is 0.555. The number of aromatic nitrogens is 2. The summed E-state index contributed by atoms with van der Waals surface area (Å²) in [6.45, 7) is 3.35. The topological polar surface area (TPSA) is 61.2 Å². The van der Waals surface area contributed by atoms with Gasteiger partial charge in [-0.05, 0) is 25.3 Å². The number of thiocarbonyl (C=S) groups is 1. The Morgan fingerprint density at radius 1 is 1.15 bits per heavy atom. The number of hydrogen-bond acceptors (Lipinski definition) is 7. The molecule has 2 aromatic rings. The van der Waals surface area contributed by atoms with Gasteiger partial charge in [0.1, 0.15) is 15.8 Å². The first-order valence-electron chi connectivity index (χ1n) is 8.62. The number of carbonyl (C=O) groups excluding carboxylic acids is 1. The summed E-state index contributed by atoms with van der Waals surface area (Å²) in [6.07, 6.45) is 3.34. The Morgan fingerprint density at radius 2 is 1.89 bits per heavy atom. The van der Waals surface area contributed by atoms with E-state index in [4.69, 9.17) is 17.2 Å². The van der Waals surface area contributed by atoms with Gasteiger partial charge in [-0.2, -0.15) is 0 Å². The van der Waals surface area contributed by atoms with Gasteiger partial charge in [-0.1, -0.05) is 30.0 Å². The van der Waals surface area contributed by atoms with Crippen molar-refractivity contribution in [2.24, 2.45) is 0 Å². The number of amides is 1. The number of hydrogen-bond donors (Lipinski definition) is 0. The van der Waals surface area contributed by atoms with E-state index in [1.165, 1.54) is 21.1 Å². The molecule has 2 fully saturated rings. The van der Waals surface area contributed by atoms with Gasteiger partial charge in [0.25, 0.3) is 11.5 Å². The van der Waals surface area contributed by atoms with Crippen LogP contribution in [0, 0.1) is 0 Å². The number of piperazine rings is 1. The Bertz CT molecular complexity index is 1020. The lowest BCUT2D eigenvalue weighted by molar-refractivity contribution is -0.121. The molecule has 0 radical (unpaired) electrons. The average Bonchev–Trinajstić information content (AvgIpc) is 2.91. The summed E-state index contributed by atoms with van der Waals surface area (Å²) in [7, 11) is 3.72. The van der Waals surface area contributed by atoms with Gasteiger partial charge in [0, 0.05) is 39.4 Å². The number of carbonyl (C=O) groups is 1. The summed E-state index contributed by atoms with van der Waals surface area (Å²) in [4.78, 5) is 36.6. The van der Waals surface area contributed by atoms with Crippen LogP contribution in [0.15, 0.2) is 34.1 Å². The lowest BCUT2D eigenvalue weighted by atomic mass is 10.2. The normalized spacial score (nSPS) is 20.3. The van der Waals surface area contributed by atoms with Crippen LogP contribution in [0.1, 0.15) is 5.56 Å². The van der Waals surface area contributed by atoms with Crippen LogP contribution in [0.5, 0.6) is 0 Å². The molecule has 2 aliphatic heterocycles. The van der Waals surface area contributed by atoms with Crippen molar-refractivity contribution < 1.29 is 4.79 Å². The van der Waals surface area contributed by atoms with Crippen LogP contribution in [0.25, 0.3) is 11.7 Å². The minimum atomic E-state index is -0.188. The van der Waals surface area contributed by atoms with Crippen LogP contribution < -0.4 is 10.5 Å². The summed E-state index contributed by atoms with van der Waals surface area (Å²) in [5.41, 5.74) is 0.838. The predicted octanol–water partition coefficient (Wildman–Crippen LogP) is 1.28. The largest absolute Gasteiger partial charge is 0.353 e. The highest BCUT2D eigenvalue weighted by molar-refractivity contribution is 8.26. The molecule has 7 nitrogen and oxygen atoms in total. The predicted molar refractivity (Wildman–Crippen MR) is 112 cm³/mol. The molecule has 0 aliphatic carbocycles. The smallest absolute Gasteiger partial charge is 0.267 e. The number of likely N-dealkylation sites (N-methyl/N-ethyl adjacent to an activating group) is 2. The van der Waals surface area contributed by atoms with Gasteiger partial charge in [-0.15, -0.1) is 0 Å². The number of anilines is 1. The number of fused-ring (bicyclic) bond motifs is 1. The van der Waals surface area contributed by atoms with Crippen LogP contribution in [0.2, 0.25) is 0 Å². The van der Waals surface area contributed by atoms with Crippen LogP contribution in [-0.4, -0.2) is 69.7 Å². The van der Waals surface area contributed by atoms with Crippen LogP contribution >= 0.6 is 24.0 Å². The number of pyridine rings is 1. The molecule has 0 unspecified atom stereocenters. The maximum Gasteiger partial charge on any atom is 0.267 e. The Balaban J connectivity index is 1.88. The van der Waals surface area contributed by atoms with Crippen molar-refractivity contribution in [3.63, 3.8) is 0 Å². The van der Waals surface area contributed by atoms with Crippen LogP contribution in [0.3, 0.4) is 0 Å². The maximum atomic E-state index is 13.2. The first-order valence-corrected chi connectivity index (χ1v) is 9.84. The van der Waals surface area contributed by atoms with Crippen molar-refractivity contribution in [2.75, 3.05) is 45.2 Å². The molecule has 0 saturated carbocycles. The molecule has 27 heavy (non-hydrogen) atoms. The SMILES string of the molecule is CN1CCN(c2nc3ccccn3c(=O)c2/C=C2\SC(=S)N(C)C2=O)CC1. The standard InChI is InChI=1S/C18H19N5O2S2/c1-20-7-9-22(10-8-20)15-12(11-13-17(25)21(2)18(26)27-13)16(24)23-6-4-3-5-14(23)19-15/h3-6,11H,7-10H2,1-2H3/b13-11-. The minimum absolute atomic E-state index is 0.184. The van der Waals surface area contributed by atoms with Gasteiger partial charge in [0.15, 0.2) is 0 Å². The highest BCUT2D eigenvalue weighted by Crippen LogP contribution is 2.32. The highest BCUT2D eigenvalue weighted by Gasteiger charge is 2.30. The van der Waals surface area contributed by atoms with Gasteiger partial charge < -0.3 is 9.80 Å². The van der Waals surface area contributed by atoms with E-state index < -0.39 is 0 Å². The van der Waals surface area contributed by atoms with Gasteiger partial charge in [-0.25, -0.2) is 4.98 Å². The summed E-state index contributed by atoms with van der Waals surface area (Å²) in [5, 5.41) is 0. The number of nitrogens with zero attached hydrogens (tertiary/aromatic N) is 5. The van der Waals surface area contributed by atoms with E-state index in [0.29, 0.717) is 26.3 Å². The van der Waals surface area contributed by atoms with E-state index in [1.54, 1.807) is 25.4 Å². The molecule has 1 amide bonds. The molecule has 4 heterocycles. The molecule has 4 rings (SSSR count). The highest BCUT2D eigenvalue weighted by atomic mass is 32.2. The Morgan fingerprint density at radius 3 is 2.56 bits per heavy atom. The zero-order valence-corrected chi connectivity index (χ0v) is 16.7. The minimum Gasteiger partial charge on any atom is -0.353 e. The van der Waals surface area contributed by atoms with Crippen molar-refractivity contribution in [1.82, 2.24) is 19.2 Å². The monoisotopic (exact) mass is 401 g/mol. The molecule has 2 aromatic heterocycles. The number of thioether (sulfide) groups is 1. The molecule has 0 aromatic carbocycles. The summed E-state index contributed by atoms with van der Waals surface area (Å²) in [5.74, 6) is 0.438. The third-order valence-electron chi connectivity index (χ3n) is 4.81. The molecule has 140 valence electrons. The second-order valence-electron chi connectivity index (χ2n) is 6.61. The van der Waals surface area contributed by atoms with E-state index in [0.717, 1.165) is 26.2 Å². The molecule has 0 N–H and O–H groups in total. The Labute approximate surface area is 166 Å². The van der Waals surface area contributed by atoms with Gasteiger partial charge >= 0.3 is 0 Å². The van der Waals surface area contributed by atoms with Crippen molar-refractivity contribution >= 4 is 51.7 Å². The molecular formula is C18H19N5O2S2. The zero-order chi connectivity index (χ0) is 19.1. The van der Waals surface area contributed by atoms with E-state index in [9.17, 15) is 9.59 Å². The Hall–Kier alpha value is -2.23. The molecule has 0 atom stereocenters.